The van der Waals surface area contributed by atoms with Crippen LogP contribution in [0, 0.1) is 10.1 Å². The number of hydrogen-bond donors (Lipinski definition) is 4. The zero-order chi connectivity index (χ0) is 37.4. The molecule has 282 valence electrons. The standard InChI is InChI=1S/C36H47N5O11/c1-21(23-6-7-24-15-28(50-29(24)14-23)22-8-10-26(11-9-22)40(46)47)52-41-35(2,3)16-27(17-36(41,4)5)49-20-25-18-39(38-37-25)12-13-48-34-33(45)32(44)31(43)30(19-42)51-34/h6-11,14-15,18,21,27,30-34,42-45H,12-13,16-17,19-20H2,1-5H3/t21?,30-,31-,32+,33-,34+/m0/s1. The van der Waals surface area contributed by atoms with Gasteiger partial charge >= 0.3 is 0 Å². The summed E-state index contributed by atoms with van der Waals surface area (Å²) in [6, 6.07) is 14.2. The molecule has 2 aliphatic heterocycles. The number of nitro benzene ring substituents is 1. The van der Waals surface area contributed by atoms with Crippen molar-refractivity contribution in [3.05, 3.63) is 76.1 Å². The van der Waals surface area contributed by atoms with E-state index >= 15 is 0 Å². The molecule has 2 saturated heterocycles. The van der Waals surface area contributed by atoms with Crippen LogP contribution in [0.3, 0.4) is 0 Å². The van der Waals surface area contributed by atoms with E-state index in [2.05, 4.69) is 43.1 Å². The molecule has 0 amide bonds. The normalized spacial score (nSPS) is 25.8. The monoisotopic (exact) mass is 725 g/mol. The molecule has 2 aromatic heterocycles. The maximum absolute atomic E-state index is 11.0. The lowest BCUT2D eigenvalue weighted by Gasteiger charge is -2.54. The minimum atomic E-state index is -1.51. The van der Waals surface area contributed by atoms with Crippen molar-refractivity contribution in [2.45, 2.75) is 115 Å². The fraction of sp³-hybridized carbons (Fsp3) is 0.556. The van der Waals surface area contributed by atoms with Gasteiger partial charge in [0.2, 0.25) is 0 Å². The summed E-state index contributed by atoms with van der Waals surface area (Å²) in [6.07, 6.45) is -3.87. The van der Waals surface area contributed by atoms with Gasteiger partial charge in [0, 0.05) is 34.2 Å². The number of aliphatic hydroxyl groups is 4. The van der Waals surface area contributed by atoms with Crippen molar-refractivity contribution in [2.24, 2.45) is 0 Å². The van der Waals surface area contributed by atoms with E-state index in [9.17, 15) is 30.5 Å². The lowest BCUT2D eigenvalue weighted by molar-refractivity contribution is -0.384. The minimum Gasteiger partial charge on any atom is -0.456 e. The Kier molecular flexibility index (Phi) is 11.1. The zero-order valence-electron chi connectivity index (χ0n) is 29.9. The highest BCUT2D eigenvalue weighted by Gasteiger charge is 2.48. The average molecular weight is 726 g/mol. The number of nitro groups is 1. The summed E-state index contributed by atoms with van der Waals surface area (Å²) in [4.78, 5) is 17.3. The predicted molar refractivity (Wildman–Crippen MR) is 185 cm³/mol. The smallest absolute Gasteiger partial charge is 0.269 e. The highest BCUT2D eigenvalue weighted by atomic mass is 16.7. The lowest BCUT2D eigenvalue weighted by atomic mass is 9.80. The largest absolute Gasteiger partial charge is 0.456 e. The van der Waals surface area contributed by atoms with Gasteiger partial charge in [0.15, 0.2) is 6.29 Å². The van der Waals surface area contributed by atoms with Crippen LogP contribution in [0.1, 0.15) is 64.8 Å². The SMILES string of the molecule is CC(ON1C(C)(C)CC(OCc2cn(CCO[C@@H]3O[C@@H](CO)[C@H](O)[C@@H](O)[C@@H]3O)nn2)CC1(C)C)c1ccc2cc(-c3ccc([N+](=O)[O-])cc3)oc2c1. The van der Waals surface area contributed by atoms with Crippen LogP contribution in [0.4, 0.5) is 5.69 Å². The molecule has 6 atom stereocenters. The van der Waals surface area contributed by atoms with Gasteiger partial charge in [-0.15, -0.1) is 5.10 Å². The van der Waals surface area contributed by atoms with Crippen LogP contribution in [-0.4, -0.2) is 107 Å². The molecule has 0 bridgehead atoms. The molecule has 2 aliphatic rings. The molecule has 4 aromatic rings. The molecular formula is C36H47N5O11. The second-order valence-corrected chi connectivity index (χ2v) is 14.8. The first-order valence-corrected chi connectivity index (χ1v) is 17.3. The molecule has 2 fully saturated rings. The first-order valence-electron chi connectivity index (χ1n) is 17.3. The minimum absolute atomic E-state index is 0.0254. The summed E-state index contributed by atoms with van der Waals surface area (Å²) in [7, 11) is 0. The van der Waals surface area contributed by atoms with E-state index in [0.717, 1.165) is 16.5 Å². The summed E-state index contributed by atoms with van der Waals surface area (Å²) < 4.78 is 25.0. The highest BCUT2D eigenvalue weighted by molar-refractivity contribution is 5.83. The molecular weight excluding hydrogens is 678 g/mol. The third-order valence-electron chi connectivity index (χ3n) is 9.70. The van der Waals surface area contributed by atoms with Crippen molar-refractivity contribution >= 4 is 16.7 Å². The van der Waals surface area contributed by atoms with Gasteiger partial charge in [-0.2, -0.15) is 5.06 Å². The van der Waals surface area contributed by atoms with E-state index in [1.54, 1.807) is 23.0 Å². The number of nitrogens with zero attached hydrogens (tertiary/aromatic N) is 5. The molecule has 16 heteroatoms. The molecule has 2 aromatic carbocycles. The van der Waals surface area contributed by atoms with Crippen molar-refractivity contribution in [2.75, 3.05) is 13.2 Å². The summed E-state index contributed by atoms with van der Waals surface area (Å²) in [5, 5.41) is 61.8. The number of hydroxylamine groups is 2. The van der Waals surface area contributed by atoms with Gasteiger partial charge in [0.1, 0.15) is 47.6 Å². The molecule has 0 spiro atoms. The molecule has 0 saturated carbocycles. The van der Waals surface area contributed by atoms with E-state index in [1.165, 1.54) is 12.1 Å². The van der Waals surface area contributed by atoms with Crippen LogP contribution in [0.15, 0.2) is 59.1 Å². The van der Waals surface area contributed by atoms with Crippen LogP contribution in [0.5, 0.6) is 0 Å². The van der Waals surface area contributed by atoms with Gasteiger partial charge in [-0.05, 0) is 77.3 Å². The Morgan fingerprint density at radius 3 is 2.38 bits per heavy atom. The zero-order valence-corrected chi connectivity index (χ0v) is 29.9. The first kappa shape index (κ1) is 37.9. The number of benzene rings is 2. The van der Waals surface area contributed by atoms with Crippen LogP contribution in [0.25, 0.3) is 22.3 Å². The van der Waals surface area contributed by atoms with Crippen LogP contribution >= 0.6 is 0 Å². The second-order valence-electron chi connectivity index (χ2n) is 14.8. The van der Waals surface area contributed by atoms with Gasteiger partial charge in [-0.25, -0.2) is 4.68 Å². The molecule has 0 radical (unpaired) electrons. The predicted octanol–water partition coefficient (Wildman–Crippen LogP) is 3.65. The average Bonchev–Trinajstić information content (AvgIpc) is 3.75. The van der Waals surface area contributed by atoms with Gasteiger partial charge in [-0.1, -0.05) is 17.3 Å². The summed E-state index contributed by atoms with van der Waals surface area (Å²) in [5.41, 5.74) is 2.31. The molecule has 52 heavy (non-hydrogen) atoms. The first-order chi connectivity index (χ1) is 24.6. The molecule has 0 aliphatic carbocycles. The quantitative estimate of drug-likeness (QED) is 0.115. The third kappa shape index (κ3) is 8.20. The van der Waals surface area contributed by atoms with Gasteiger partial charge in [0.05, 0.1) is 43.6 Å². The Hall–Kier alpha value is -3.84. The number of aliphatic hydroxyl groups excluding tert-OH is 4. The van der Waals surface area contributed by atoms with E-state index in [4.69, 9.17) is 23.5 Å². The number of furan rings is 1. The number of ether oxygens (including phenoxy) is 3. The molecule has 4 heterocycles. The molecule has 1 unspecified atom stereocenters. The number of piperidine rings is 1. The Morgan fingerprint density at radius 2 is 1.71 bits per heavy atom. The highest BCUT2D eigenvalue weighted by Crippen LogP contribution is 2.42. The van der Waals surface area contributed by atoms with Crippen molar-refractivity contribution in [1.82, 2.24) is 20.1 Å². The van der Waals surface area contributed by atoms with E-state index < -0.39 is 42.2 Å². The van der Waals surface area contributed by atoms with E-state index in [0.29, 0.717) is 29.9 Å². The molecule has 4 N–H and O–H groups in total. The topological polar surface area (TPSA) is 208 Å². The third-order valence-corrected chi connectivity index (χ3v) is 9.70. The lowest BCUT2D eigenvalue weighted by Crippen LogP contribution is -2.62. The maximum atomic E-state index is 11.0. The summed E-state index contributed by atoms with van der Waals surface area (Å²) in [5.74, 6) is 0.628. The summed E-state index contributed by atoms with van der Waals surface area (Å²) >= 11 is 0. The molecule has 16 nitrogen and oxygen atoms in total. The summed E-state index contributed by atoms with van der Waals surface area (Å²) in [6.45, 7) is 10.6. The van der Waals surface area contributed by atoms with Crippen molar-refractivity contribution < 1.29 is 48.8 Å². The van der Waals surface area contributed by atoms with Gasteiger partial charge in [-0.3, -0.25) is 15.0 Å². The van der Waals surface area contributed by atoms with E-state index in [-0.39, 0.29) is 48.7 Å². The Labute approximate surface area is 300 Å². The maximum Gasteiger partial charge on any atom is 0.269 e. The Balaban J connectivity index is 1.01. The number of hydrogen-bond acceptors (Lipinski definition) is 14. The van der Waals surface area contributed by atoms with Crippen LogP contribution < -0.4 is 0 Å². The van der Waals surface area contributed by atoms with Crippen LogP contribution in [0.2, 0.25) is 0 Å². The number of fused-ring (bicyclic) bond motifs is 1. The van der Waals surface area contributed by atoms with Crippen molar-refractivity contribution in [3.63, 3.8) is 0 Å². The fourth-order valence-corrected chi connectivity index (χ4v) is 7.17. The van der Waals surface area contributed by atoms with Crippen LogP contribution in [-0.2, 0) is 32.2 Å². The number of aromatic nitrogens is 3. The Bertz CT molecular complexity index is 1810. The Morgan fingerprint density at radius 1 is 1.00 bits per heavy atom. The van der Waals surface area contributed by atoms with Crippen molar-refractivity contribution in [1.29, 1.82) is 0 Å². The van der Waals surface area contributed by atoms with E-state index in [1.807, 2.05) is 31.2 Å². The van der Waals surface area contributed by atoms with Crippen molar-refractivity contribution in [3.8, 4) is 11.3 Å². The number of rotatable bonds is 13. The van der Waals surface area contributed by atoms with Gasteiger partial charge in [0.25, 0.3) is 5.69 Å². The van der Waals surface area contributed by atoms with Gasteiger partial charge < -0.3 is 39.1 Å². The second kappa shape index (κ2) is 15.3. The molecule has 6 rings (SSSR count). The fourth-order valence-electron chi connectivity index (χ4n) is 7.17. The number of non-ortho nitro benzene ring substituents is 1.